The molecule has 1 unspecified atom stereocenters. The Kier molecular flexibility index (Phi) is 5.76. The van der Waals surface area contributed by atoms with Crippen molar-refractivity contribution in [3.05, 3.63) is 45.8 Å². The number of pyridine rings is 1. The minimum Gasteiger partial charge on any atom is -0.352 e. The fourth-order valence-electron chi connectivity index (χ4n) is 2.33. The number of aromatic nitrogens is 1. The van der Waals surface area contributed by atoms with E-state index in [1.807, 2.05) is 0 Å². The molecule has 114 valence electrons. The summed E-state index contributed by atoms with van der Waals surface area (Å²) >= 11 is 1.80. The average molecular weight is 303 g/mol. The van der Waals surface area contributed by atoms with Crippen LogP contribution in [0.15, 0.2) is 29.6 Å². The molecule has 2 rings (SSSR count). The van der Waals surface area contributed by atoms with Crippen LogP contribution < -0.4 is 10.2 Å². The van der Waals surface area contributed by atoms with Gasteiger partial charge in [0.15, 0.2) is 0 Å². The van der Waals surface area contributed by atoms with Gasteiger partial charge in [0.25, 0.3) is 0 Å². The smallest absolute Gasteiger partial charge is 0.129 e. The number of nitrogens with zero attached hydrogens (tertiary/aromatic N) is 2. The quantitative estimate of drug-likeness (QED) is 0.779. The first-order chi connectivity index (χ1) is 10.1. The number of thiophene rings is 1. The molecule has 2 aromatic rings. The normalized spacial score (nSPS) is 12.4. The molecule has 0 saturated carbocycles. The maximum atomic E-state index is 4.70. The average Bonchev–Trinajstić information content (AvgIpc) is 2.99. The van der Waals surface area contributed by atoms with Crippen LogP contribution in [0, 0.1) is 6.92 Å². The zero-order valence-electron chi connectivity index (χ0n) is 13.4. The van der Waals surface area contributed by atoms with Gasteiger partial charge in [-0.05, 0) is 56.0 Å². The van der Waals surface area contributed by atoms with Crippen molar-refractivity contribution in [1.29, 1.82) is 0 Å². The highest BCUT2D eigenvalue weighted by atomic mass is 32.1. The Labute approximate surface area is 132 Å². The highest BCUT2D eigenvalue weighted by Crippen LogP contribution is 2.27. The molecule has 0 amide bonds. The van der Waals surface area contributed by atoms with Crippen LogP contribution in [0.2, 0.25) is 0 Å². The highest BCUT2D eigenvalue weighted by Gasteiger charge is 2.15. The Balaban J connectivity index is 2.14. The predicted octanol–water partition coefficient (Wildman–Crippen LogP) is 4.15. The SMILES string of the molecule is CCCNCc1cc(C)nc(N(C)C(C)c2cccs2)c1. The second-order valence-electron chi connectivity index (χ2n) is 5.45. The van der Waals surface area contributed by atoms with Crippen LogP contribution in [-0.4, -0.2) is 18.6 Å². The Morgan fingerprint density at radius 1 is 1.38 bits per heavy atom. The molecule has 2 aromatic heterocycles. The standard InChI is InChI=1S/C17H25N3S/c1-5-8-18-12-15-10-13(2)19-17(11-15)20(4)14(3)16-7-6-9-21-16/h6-7,9-11,14,18H,5,8,12H2,1-4H3. The molecule has 1 atom stereocenters. The van der Waals surface area contributed by atoms with Crippen molar-refractivity contribution in [3.8, 4) is 0 Å². The second-order valence-corrected chi connectivity index (χ2v) is 6.43. The first-order valence-electron chi connectivity index (χ1n) is 7.56. The van der Waals surface area contributed by atoms with E-state index in [1.165, 1.54) is 10.4 Å². The molecule has 0 spiro atoms. The lowest BCUT2D eigenvalue weighted by atomic mass is 10.2. The summed E-state index contributed by atoms with van der Waals surface area (Å²) in [6.45, 7) is 8.44. The maximum Gasteiger partial charge on any atom is 0.129 e. The molecule has 0 aliphatic carbocycles. The molecule has 0 aromatic carbocycles. The van der Waals surface area contributed by atoms with Gasteiger partial charge >= 0.3 is 0 Å². The summed E-state index contributed by atoms with van der Waals surface area (Å²) in [7, 11) is 2.12. The Morgan fingerprint density at radius 3 is 2.86 bits per heavy atom. The van der Waals surface area contributed by atoms with E-state index in [2.05, 4.69) is 67.7 Å². The molecule has 4 heteroatoms. The Morgan fingerprint density at radius 2 is 2.19 bits per heavy atom. The Bertz CT molecular complexity index is 551. The van der Waals surface area contributed by atoms with Crippen molar-refractivity contribution in [2.75, 3.05) is 18.5 Å². The fourth-order valence-corrected chi connectivity index (χ4v) is 3.16. The monoisotopic (exact) mass is 303 g/mol. The maximum absolute atomic E-state index is 4.70. The van der Waals surface area contributed by atoms with Crippen molar-refractivity contribution in [3.63, 3.8) is 0 Å². The van der Waals surface area contributed by atoms with Gasteiger partial charge in [0.1, 0.15) is 5.82 Å². The summed E-state index contributed by atoms with van der Waals surface area (Å²) in [6.07, 6.45) is 1.16. The lowest BCUT2D eigenvalue weighted by molar-refractivity contribution is 0.672. The molecule has 21 heavy (non-hydrogen) atoms. The molecule has 0 aliphatic heterocycles. The lowest BCUT2D eigenvalue weighted by Gasteiger charge is -2.26. The van der Waals surface area contributed by atoms with Gasteiger partial charge in [-0.15, -0.1) is 11.3 Å². The van der Waals surface area contributed by atoms with Crippen LogP contribution in [0.4, 0.5) is 5.82 Å². The van der Waals surface area contributed by atoms with Gasteiger partial charge in [-0.3, -0.25) is 0 Å². The van der Waals surface area contributed by atoms with E-state index in [0.29, 0.717) is 6.04 Å². The highest BCUT2D eigenvalue weighted by molar-refractivity contribution is 7.10. The summed E-state index contributed by atoms with van der Waals surface area (Å²) in [6, 6.07) is 8.99. The molecule has 3 nitrogen and oxygen atoms in total. The third-order valence-corrected chi connectivity index (χ3v) is 4.70. The van der Waals surface area contributed by atoms with Gasteiger partial charge in [0.05, 0.1) is 6.04 Å². The van der Waals surface area contributed by atoms with Crippen LogP contribution in [0.5, 0.6) is 0 Å². The van der Waals surface area contributed by atoms with Crippen LogP contribution in [0.3, 0.4) is 0 Å². The summed E-state index contributed by atoms with van der Waals surface area (Å²) in [5.41, 5.74) is 2.38. The van der Waals surface area contributed by atoms with E-state index in [1.54, 1.807) is 11.3 Å². The van der Waals surface area contributed by atoms with E-state index in [-0.39, 0.29) is 0 Å². The minimum absolute atomic E-state index is 0.343. The van der Waals surface area contributed by atoms with Crippen LogP contribution in [0.25, 0.3) is 0 Å². The van der Waals surface area contributed by atoms with Crippen molar-refractivity contribution >= 4 is 17.2 Å². The van der Waals surface area contributed by atoms with Crippen LogP contribution in [-0.2, 0) is 6.54 Å². The van der Waals surface area contributed by atoms with E-state index in [4.69, 9.17) is 4.98 Å². The minimum atomic E-state index is 0.343. The molecule has 0 radical (unpaired) electrons. The molecule has 0 saturated heterocycles. The van der Waals surface area contributed by atoms with Crippen molar-refractivity contribution < 1.29 is 0 Å². The number of anilines is 1. The topological polar surface area (TPSA) is 28.2 Å². The summed E-state index contributed by atoms with van der Waals surface area (Å²) in [4.78, 5) is 8.31. The van der Waals surface area contributed by atoms with Gasteiger partial charge in [-0.2, -0.15) is 0 Å². The Hall–Kier alpha value is -1.39. The summed E-state index contributed by atoms with van der Waals surface area (Å²) < 4.78 is 0. The second kappa shape index (κ2) is 7.57. The number of rotatable bonds is 7. The predicted molar refractivity (Wildman–Crippen MR) is 92.1 cm³/mol. The summed E-state index contributed by atoms with van der Waals surface area (Å²) in [5.74, 6) is 1.05. The van der Waals surface area contributed by atoms with E-state index in [9.17, 15) is 0 Å². The van der Waals surface area contributed by atoms with Crippen molar-refractivity contribution in [1.82, 2.24) is 10.3 Å². The number of aryl methyl sites for hydroxylation is 1. The largest absolute Gasteiger partial charge is 0.352 e. The van der Waals surface area contributed by atoms with Crippen LogP contribution in [0.1, 0.15) is 42.4 Å². The number of nitrogens with one attached hydrogen (secondary N) is 1. The molecule has 0 aliphatic rings. The van der Waals surface area contributed by atoms with Gasteiger partial charge in [-0.25, -0.2) is 4.98 Å². The third-order valence-electron chi connectivity index (χ3n) is 3.65. The van der Waals surface area contributed by atoms with E-state index in [0.717, 1.165) is 31.0 Å². The zero-order valence-corrected chi connectivity index (χ0v) is 14.2. The van der Waals surface area contributed by atoms with Crippen molar-refractivity contribution in [2.24, 2.45) is 0 Å². The lowest BCUT2D eigenvalue weighted by Crippen LogP contribution is -2.23. The van der Waals surface area contributed by atoms with Gasteiger partial charge in [0, 0.05) is 24.2 Å². The van der Waals surface area contributed by atoms with Crippen molar-refractivity contribution in [2.45, 2.75) is 39.8 Å². The zero-order chi connectivity index (χ0) is 15.2. The first-order valence-corrected chi connectivity index (χ1v) is 8.44. The fraction of sp³-hybridized carbons (Fsp3) is 0.471. The molecule has 0 bridgehead atoms. The van der Waals surface area contributed by atoms with Gasteiger partial charge in [0.2, 0.25) is 0 Å². The van der Waals surface area contributed by atoms with E-state index < -0.39 is 0 Å². The molecule has 2 heterocycles. The van der Waals surface area contributed by atoms with Crippen LogP contribution >= 0.6 is 11.3 Å². The summed E-state index contributed by atoms with van der Waals surface area (Å²) in [5, 5.41) is 5.59. The molecular formula is C17H25N3S. The molecule has 0 fully saturated rings. The molecule has 1 N–H and O–H groups in total. The van der Waals surface area contributed by atoms with Gasteiger partial charge < -0.3 is 10.2 Å². The van der Waals surface area contributed by atoms with Gasteiger partial charge in [-0.1, -0.05) is 13.0 Å². The van der Waals surface area contributed by atoms with E-state index >= 15 is 0 Å². The first kappa shape index (κ1) is 16.0. The number of hydrogen-bond donors (Lipinski definition) is 1. The molecular weight excluding hydrogens is 278 g/mol. The third kappa shape index (κ3) is 4.29. The number of hydrogen-bond acceptors (Lipinski definition) is 4.